The Balaban J connectivity index is 1.67. The minimum Gasteiger partial charge on any atom is -0.343 e. The zero-order chi connectivity index (χ0) is 24.2. The number of hydrogen-bond acceptors (Lipinski definition) is 3. The van der Waals surface area contributed by atoms with Gasteiger partial charge in [0.15, 0.2) is 0 Å². The van der Waals surface area contributed by atoms with Crippen molar-refractivity contribution in [2.24, 2.45) is 0 Å². The molecular weight excluding hydrogens is 442 g/mol. The van der Waals surface area contributed by atoms with E-state index in [9.17, 15) is 31.9 Å². The van der Waals surface area contributed by atoms with Gasteiger partial charge in [-0.1, -0.05) is 12.1 Å². The summed E-state index contributed by atoms with van der Waals surface area (Å²) < 4.78 is 51.1. The van der Waals surface area contributed by atoms with Crippen molar-refractivity contribution in [2.45, 2.75) is 25.9 Å². The first-order valence-electron chi connectivity index (χ1n) is 10.1. The minimum atomic E-state index is -4.61. The Hall–Kier alpha value is -3.69. The molecule has 0 radical (unpaired) electrons. The highest BCUT2D eigenvalue weighted by Gasteiger charge is 2.28. The van der Waals surface area contributed by atoms with Crippen molar-refractivity contribution in [1.29, 1.82) is 0 Å². The van der Waals surface area contributed by atoms with Crippen molar-refractivity contribution >= 4 is 35.2 Å². The van der Waals surface area contributed by atoms with E-state index < -0.39 is 30.4 Å². The molecule has 1 aliphatic rings. The molecular formula is C23H21F4N3O3. The fourth-order valence-electron chi connectivity index (χ4n) is 3.26. The molecule has 33 heavy (non-hydrogen) atoms. The van der Waals surface area contributed by atoms with Gasteiger partial charge in [0, 0.05) is 41.5 Å². The molecule has 2 aromatic rings. The number of carbonyl (C=O) groups is 3. The van der Waals surface area contributed by atoms with Crippen LogP contribution in [0.5, 0.6) is 0 Å². The maximum absolute atomic E-state index is 14.2. The van der Waals surface area contributed by atoms with Gasteiger partial charge in [0.1, 0.15) is 12.4 Å². The summed E-state index contributed by atoms with van der Waals surface area (Å²) in [6.45, 7) is 0.473. The van der Waals surface area contributed by atoms with E-state index in [0.717, 1.165) is 24.2 Å². The van der Waals surface area contributed by atoms with Gasteiger partial charge in [-0.05, 0) is 49.2 Å². The maximum atomic E-state index is 14.2. The molecule has 0 saturated carbocycles. The van der Waals surface area contributed by atoms with Gasteiger partial charge in [0.2, 0.25) is 11.8 Å². The Morgan fingerprint density at radius 1 is 1.15 bits per heavy atom. The van der Waals surface area contributed by atoms with E-state index in [1.165, 1.54) is 19.1 Å². The lowest BCUT2D eigenvalue weighted by Crippen LogP contribution is -2.33. The number of carbonyl (C=O) groups excluding carboxylic acids is 3. The van der Waals surface area contributed by atoms with Crippen LogP contribution in [0.3, 0.4) is 0 Å². The van der Waals surface area contributed by atoms with Gasteiger partial charge in [-0.3, -0.25) is 14.4 Å². The summed E-state index contributed by atoms with van der Waals surface area (Å²) in [5, 5.41) is 4.09. The molecule has 3 rings (SSSR count). The molecule has 0 aromatic heterocycles. The standard InChI is InChI=1S/C23H21F4N3O3/c1-14-18(24)11-16(22(33)28-13-23(25,26)27)12-19(14)29-20(31)9-6-15-4-7-17(8-5-15)30-10-2-3-21(30)32/h4-9,11-12H,2-3,10,13H2,1H3,(H,28,33)(H,29,31)/b9-6+. The summed E-state index contributed by atoms with van der Waals surface area (Å²) >= 11 is 0. The highest BCUT2D eigenvalue weighted by atomic mass is 19.4. The van der Waals surface area contributed by atoms with E-state index in [2.05, 4.69) is 5.32 Å². The first kappa shape index (κ1) is 24.0. The van der Waals surface area contributed by atoms with Crippen molar-refractivity contribution in [3.8, 4) is 0 Å². The molecule has 6 nitrogen and oxygen atoms in total. The average molecular weight is 463 g/mol. The van der Waals surface area contributed by atoms with Crippen molar-refractivity contribution in [3.05, 3.63) is 65.0 Å². The third kappa shape index (κ3) is 6.41. The molecule has 1 saturated heterocycles. The molecule has 2 N–H and O–H groups in total. The summed E-state index contributed by atoms with van der Waals surface area (Å²) in [4.78, 5) is 37.7. The van der Waals surface area contributed by atoms with Crippen molar-refractivity contribution < 1.29 is 31.9 Å². The van der Waals surface area contributed by atoms with E-state index in [1.807, 2.05) is 0 Å². The highest BCUT2D eigenvalue weighted by molar-refractivity contribution is 6.03. The Bertz CT molecular complexity index is 1100. The van der Waals surface area contributed by atoms with Crippen LogP contribution in [0.2, 0.25) is 0 Å². The fourth-order valence-corrected chi connectivity index (χ4v) is 3.26. The lowest BCUT2D eigenvalue weighted by molar-refractivity contribution is -0.123. The number of anilines is 2. The van der Waals surface area contributed by atoms with Gasteiger partial charge >= 0.3 is 6.18 Å². The van der Waals surface area contributed by atoms with E-state index in [-0.39, 0.29) is 22.7 Å². The van der Waals surface area contributed by atoms with Crippen molar-refractivity contribution in [1.82, 2.24) is 5.32 Å². The Kier molecular flexibility index (Phi) is 7.15. The number of amides is 3. The molecule has 1 aliphatic heterocycles. The van der Waals surface area contributed by atoms with E-state index in [0.29, 0.717) is 18.5 Å². The predicted octanol–water partition coefficient (Wildman–Crippen LogP) is 4.20. The summed E-state index contributed by atoms with van der Waals surface area (Å²) in [5.74, 6) is -2.52. The van der Waals surface area contributed by atoms with Crippen LogP contribution in [0.4, 0.5) is 28.9 Å². The summed E-state index contributed by atoms with van der Waals surface area (Å²) in [7, 11) is 0. The monoisotopic (exact) mass is 463 g/mol. The van der Waals surface area contributed by atoms with Crippen LogP contribution in [0.25, 0.3) is 6.08 Å². The number of halogens is 4. The van der Waals surface area contributed by atoms with Crippen molar-refractivity contribution in [3.63, 3.8) is 0 Å². The lowest BCUT2D eigenvalue weighted by atomic mass is 10.1. The third-order valence-electron chi connectivity index (χ3n) is 5.02. The largest absolute Gasteiger partial charge is 0.405 e. The third-order valence-corrected chi connectivity index (χ3v) is 5.02. The van der Waals surface area contributed by atoms with Gasteiger partial charge in [-0.2, -0.15) is 13.2 Å². The molecule has 174 valence electrons. The number of hydrogen-bond donors (Lipinski definition) is 2. The topological polar surface area (TPSA) is 78.5 Å². The van der Waals surface area contributed by atoms with Crippen LogP contribution in [0.15, 0.2) is 42.5 Å². The molecule has 1 fully saturated rings. The Morgan fingerprint density at radius 3 is 2.45 bits per heavy atom. The number of nitrogens with one attached hydrogen (secondary N) is 2. The predicted molar refractivity (Wildman–Crippen MR) is 115 cm³/mol. The van der Waals surface area contributed by atoms with E-state index >= 15 is 0 Å². The van der Waals surface area contributed by atoms with E-state index in [1.54, 1.807) is 34.5 Å². The molecule has 2 aromatic carbocycles. The number of rotatable bonds is 6. The fraction of sp³-hybridized carbons (Fsp3) is 0.261. The summed E-state index contributed by atoms with van der Waals surface area (Å²) in [6, 6.07) is 8.92. The molecule has 0 aliphatic carbocycles. The Morgan fingerprint density at radius 2 is 1.85 bits per heavy atom. The molecule has 10 heteroatoms. The first-order valence-corrected chi connectivity index (χ1v) is 10.1. The first-order chi connectivity index (χ1) is 15.5. The zero-order valence-corrected chi connectivity index (χ0v) is 17.6. The molecule has 1 heterocycles. The average Bonchev–Trinajstić information content (AvgIpc) is 3.19. The van der Waals surface area contributed by atoms with Crippen LogP contribution < -0.4 is 15.5 Å². The second-order valence-corrected chi connectivity index (χ2v) is 7.49. The lowest BCUT2D eigenvalue weighted by Gasteiger charge is -2.15. The maximum Gasteiger partial charge on any atom is 0.405 e. The molecule has 0 unspecified atom stereocenters. The SMILES string of the molecule is Cc1c(F)cc(C(=O)NCC(F)(F)F)cc1NC(=O)/C=C/c1ccc(N2CCCC2=O)cc1. The van der Waals surface area contributed by atoms with Gasteiger partial charge in [-0.15, -0.1) is 0 Å². The van der Waals surface area contributed by atoms with Gasteiger partial charge in [-0.25, -0.2) is 4.39 Å². The minimum absolute atomic E-state index is 0.0313. The van der Waals surface area contributed by atoms with Crippen LogP contribution in [0, 0.1) is 12.7 Å². The number of alkyl halides is 3. The zero-order valence-electron chi connectivity index (χ0n) is 17.6. The number of benzene rings is 2. The van der Waals surface area contributed by atoms with E-state index in [4.69, 9.17) is 0 Å². The molecule has 0 atom stereocenters. The van der Waals surface area contributed by atoms with Gasteiger partial charge in [0.25, 0.3) is 5.91 Å². The molecule has 0 bridgehead atoms. The normalized spacial score (nSPS) is 14.1. The number of nitrogens with zero attached hydrogens (tertiary/aromatic N) is 1. The summed E-state index contributed by atoms with van der Waals surface area (Å²) in [5.41, 5.74) is 1.09. The summed E-state index contributed by atoms with van der Waals surface area (Å²) in [6.07, 6.45) is -0.567. The van der Waals surface area contributed by atoms with Gasteiger partial charge in [0.05, 0.1) is 0 Å². The molecule has 0 spiro atoms. The quantitative estimate of drug-likeness (QED) is 0.498. The smallest absolute Gasteiger partial charge is 0.343 e. The second kappa shape index (κ2) is 9.85. The van der Waals surface area contributed by atoms with Crippen LogP contribution in [-0.2, 0) is 9.59 Å². The van der Waals surface area contributed by atoms with Gasteiger partial charge < -0.3 is 15.5 Å². The van der Waals surface area contributed by atoms with Crippen LogP contribution in [0.1, 0.15) is 34.3 Å². The van der Waals surface area contributed by atoms with Crippen LogP contribution in [-0.4, -0.2) is 37.0 Å². The Labute approximate surface area is 187 Å². The second-order valence-electron chi connectivity index (χ2n) is 7.49. The highest BCUT2D eigenvalue weighted by Crippen LogP contribution is 2.23. The molecule has 3 amide bonds. The van der Waals surface area contributed by atoms with Crippen LogP contribution >= 0.6 is 0 Å². The van der Waals surface area contributed by atoms with Crippen molar-refractivity contribution in [2.75, 3.05) is 23.3 Å².